The molecule has 19 heavy (non-hydrogen) atoms. The molecule has 2 nitrogen and oxygen atoms in total. The Labute approximate surface area is 114 Å². The number of hydrogen-bond acceptors (Lipinski definition) is 2. The lowest BCUT2D eigenvalue weighted by atomic mass is 9.98. The zero-order valence-corrected chi connectivity index (χ0v) is 11.7. The van der Waals surface area contributed by atoms with Gasteiger partial charge in [0.15, 0.2) is 5.78 Å². The van der Waals surface area contributed by atoms with Gasteiger partial charge in [0.1, 0.15) is 5.82 Å². The quantitative estimate of drug-likeness (QED) is 0.702. The second kappa shape index (κ2) is 6.29. The Hall–Kier alpha value is -1.22. The van der Waals surface area contributed by atoms with E-state index in [1.54, 1.807) is 18.2 Å². The summed E-state index contributed by atoms with van der Waals surface area (Å²) in [5.41, 5.74) is 0.224. The van der Waals surface area contributed by atoms with Crippen molar-refractivity contribution in [2.75, 3.05) is 13.1 Å². The van der Waals surface area contributed by atoms with Crippen LogP contribution in [0.2, 0.25) is 0 Å². The van der Waals surface area contributed by atoms with Gasteiger partial charge < -0.3 is 0 Å². The standard InChI is InChI=1S/C16H22FNO/c1-3-10-18(13-8-9-13)11-12(2)16(19)14-6-4-5-7-15(14)17/h4-7,12-13H,3,8-11H2,1-2H3. The number of benzene rings is 1. The van der Waals surface area contributed by atoms with E-state index in [2.05, 4.69) is 11.8 Å². The van der Waals surface area contributed by atoms with E-state index < -0.39 is 5.82 Å². The highest BCUT2D eigenvalue weighted by molar-refractivity contribution is 5.98. The van der Waals surface area contributed by atoms with E-state index in [4.69, 9.17) is 0 Å². The smallest absolute Gasteiger partial charge is 0.169 e. The van der Waals surface area contributed by atoms with E-state index in [9.17, 15) is 9.18 Å². The summed E-state index contributed by atoms with van der Waals surface area (Å²) in [7, 11) is 0. The molecule has 1 unspecified atom stereocenters. The van der Waals surface area contributed by atoms with Gasteiger partial charge in [-0.25, -0.2) is 4.39 Å². The minimum absolute atomic E-state index is 0.0835. The fourth-order valence-corrected chi connectivity index (χ4v) is 2.51. The summed E-state index contributed by atoms with van der Waals surface area (Å²) in [6, 6.07) is 6.91. The highest BCUT2D eigenvalue weighted by atomic mass is 19.1. The molecule has 1 aromatic carbocycles. The van der Waals surface area contributed by atoms with Gasteiger partial charge in [-0.05, 0) is 37.9 Å². The van der Waals surface area contributed by atoms with Crippen LogP contribution in [0.1, 0.15) is 43.5 Å². The molecule has 3 heteroatoms. The Balaban J connectivity index is 2.00. The fraction of sp³-hybridized carbons (Fsp3) is 0.562. The molecule has 0 N–H and O–H groups in total. The predicted molar refractivity (Wildman–Crippen MR) is 74.8 cm³/mol. The van der Waals surface area contributed by atoms with Crippen LogP contribution in [0.5, 0.6) is 0 Å². The molecule has 0 aliphatic heterocycles. The highest BCUT2D eigenvalue weighted by Crippen LogP contribution is 2.28. The van der Waals surface area contributed by atoms with Crippen LogP contribution in [0.4, 0.5) is 4.39 Å². The van der Waals surface area contributed by atoms with Gasteiger partial charge in [-0.1, -0.05) is 26.0 Å². The van der Waals surface area contributed by atoms with Crippen LogP contribution in [-0.4, -0.2) is 29.8 Å². The largest absolute Gasteiger partial charge is 0.300 e. The first-order chi connectivity index (χ1) is 9.13. The van der Waals surface area contributed by atoms with Crippen molar-refractivity contribution < 1.29 is 9.18 Å². The summed E-state index contributed by atoms with van der Waals surface area (Å²) in [4.78, 5) is 14.7. The fourth-order valence-electron chi connectivity index (χ4n) is 2.51. The molecule has 1 saturated carbocycles. The molecule has 0 amide bonds. The lowest BCUT2D eigenvalue weighted by Gasteiger charge is -2.24. The molecule has 0 heterocycles. The third kappa shape index (κ3) is 3.63. The van der Waals surface area contributed by atoms with Crippen molar-refractivity contribution in [3.05, 3.63) is 35.6 Å². The Morgan fingerprint density at radius 2 is 2.11 bits per heavy atom. The first-order valence-electron chi connectivity index (χ1n) is 7.16. The van der Waals surface area contributed by atoms with E-state index in [1.807, 2.05) is 6.92 Å². The summed E-state index contributed by atoms with van der Waals surface area (Å²) in [5, 5.41) is 0. The molecule has 1 aliphatic carbocycles. The molecular formula is C16H22FNO. The van der Waals surface area contributed by atoms with Crippen LogP contribution in [0.3, 0.4) is 0 Å². The number of rotatable bonds is 7. The van der Waals surface area contributed by atoms with Crippen LogP contribution >= 0.6 is 0 Å². The van der Waals surface area contributed by atoms with E-state index >= 15 is 0 Å². The van der Waals surface area contributed by atoms with Gasteiger partial charge in [0.05, 0.1) is 5.56 Å². The lowest BCUT2D eigenvalue weighted by Crippen LogP contribution is -2.34. The maximum atomic E-state index is 13.6. The van der Waals surface area contributed by atoms with Crippen LogP contribution in [0.25, 0.3) is 0 Å². The van der Waals surface area contributed by atoms with Crippen molar-refractivity contribution in [2.45, 2.75) is 39.2 Å². The Kier molecular flexibility index (Phi) is 4.70. The van der Waals surface area contributed by atoms with Crippen molar-refractivity contribution >= 4 is 5.78 Å². The molecule has 0 aromatic heterocycles. The van der Waals surface area contributed by atoms with Crippen molar-refractivity contribution in [1.82, 2.24) is 4.90 Å². The molecule has 0 bridgehead atoms. The van der Waals surface area contributed by atoms with Crippen LogP contribution < -0.4 is 0 Å². The molecule has 0 saturated heterocycles. The van der Waals surface area contributed by atoms with Crippen molar-refractivity contribution in [3.8, 4) is 0 Å². The van der Waals surface area contributed by atoms with Crippen molar-refractivity contribution in [2.24, 2.45) is 5.92 Å². The van der Waals surface area contributed by atoms with Crippen LogP contribution in [0, 0.1) is 11.7 Å². The summed E-state index contributed by atoms with van der Waals surface area (Å²) in [6.45, 7) is 5.82. The Bertz CT molecular complexity index is 442. The van der Waals surface area contributed by atoms with Crippen molar-refractivity contribution in [3.63, 3.8) is 0 Å². The van der Waals surface area contributed by atoms with Gasteiger partial charge in [0.2, 0.25) is 0 Å². The molecule has 1 fully saturated rings. The highest BCUT2D eigenvalue weighted by Gasteiger charge is 2.31. The van der Waals surface area contributed by atoms with Gasteiger partial charge in [-0.15, -0.1) is 0 Å². The van der Waals surface area contributed by atoms with Gasteiger partial charge in [-0.3, -0.25) is 9.69 Å². The molecule has 0 spiro atoms. The number of nitrogens with zero attached hydrogens (tertiary/aromatic N) is 1. The lowest BCUT2D eigenvalue weighted by molar-refractivity contribution is 0.0886. The maximum Gasteiger partial charge on any atom is 0.169 e. The van der Waals surface area contributed by atoms with E-state index in [-0.39, 0.29) is 17.3 Å². The Morgan fingerprint density at radius 1 is 1.42 bits per heavy atom. The number of hydrogen-bond donors (Lipinski definition) is 0. The molecule has 104 valence electrons. The summed E-state index contributed by atoms with van der Waals surface area (Å²) >= 11 is 0. The number of ketones is 1. The van der Waals surface area contributed by atoms with Crippen LogP contribution in [0.15, 0.2) is 24.3 Å². The molecule has 2 rings (SSSR count). The average Bonchev–Trinajstić information content (AvgIpc) is 3.22. The SMILES string of the molecule is CCCN(CC(C)C(=O)c1ccccc1F)C1CC1. The predicted octanol–water partition coefficient (Wildman–Crippen LogP) is 3.52. The summed E-state index contributed by atoms with van der Waals surface area (Å²) in [5.74, 6) is -0.642. The molecular weight excluding hydrogens is 241 g/mol. The first kappa shape index (κ1) is 14.2. The molecule has 1 aliphatic rings. The Morgan fingerprint density at radius 3 is 2.68 bits per heavy atom. The number of carbonyl (C=O) groups excluding carboxylic acids is 1. The molecule has 1 atom stereocenters. The van der Waals surface area contributed by atoms with E-state index in [0.29, 0.717) is 6.04 Å². The number of halogens is 1. The topological polar surface area (TPSA) is 20.3 Å². The monoisotopic (exact) mass is 263 g/mol. The number of carbonyl (C=O) groups is 1. The van der Waals surface area contributed by atoms with Gasteiger partial charge >= 0.3 is 0 Å². The first-order valence-corrected chi connectivity index (χ1v) is 7.16. The molecule has 1 aromatic rings. The average molecular weight is 263 g/mol. The third-order valence-corrected chi connectivity index (χ3v) is 3.67. The number of Topliss-reactive ketones (excluding diaryl/α,β-unsaturated/α-hetero) is 1. The maximum absolute atomic E-state index is 13.6. The minimum Gasteiger partial charge on any atom is -0.300 e. The zero-order valence-electron chi connectivity index (χ0n) is 11.7. The second-order valence-corrected chi connectivity index (χ2v) is 5.47. The van der Waals surface area contributed by atoms with Crippen molar-refractivity contribution in [1.29, 1.82) is 0 Å². The minimum atomic E-state index is -0.409. The zero-order chi connectivity index (χ0) is 13.8. The van der Waals surface area contributed by atoms with E-state index in [1.165, 1.54) is 18.9 Å². The van der Waals surface area contributed by atoms with Gasteiger partial charge in [0, 0.05) is 18.5 Å². The van der Waals surface area contributed by atoms with E-state index in [0.717, 1.165) is 19.5 Å². The van der Waals surface area contributed by atoms with Gasteiger partial charge in [-0.2, -0.15) is 0 Å². The van der Waals surface area contributed by atoms with Gasteiger partial charge in [0.25, 0.3) is 0 Å². The summed E-state index contributed by atoms with van der Waals surface area (Å²) < 4.78 is 13.6. The third-order valence-electron chi connectivity index (χ3n) is 3.67. The second-order valence-electron chi connectivity index (χ2n) is 5.47. The van der Waals surface area contributed by atoms with Crippen LogP contribution in [-0.2, 0) is 0 Å². The molecule has 0 radical (unpaired) electrons. The normalized spacial score (nSPS) is 16.6. The summed E-state index contributed by atoms with van der Waals surface area (Å²) in [6.07, 6.45) is 3.57.